The van der Waals surface area contributed by atoms with E-state index in [2.05, 4.69) is 15.9 Å². The van der Waals surface area contributed by atoms with Crippen molar-refractivity contribution in [2.75, 3.05) is 11.1 Å². The summed E-state index contributed by atoms with van der Waals surface area (Å²) >= 11 is 3.45. The number of halogens is 1. The minimum absolute atomic E-state index is 0.0252. The lowest BCUT2D eigenvalue weighted by Crippen LogP contribution is -2.30. The molecule has 0 amide bonds. The fourth-order valence-electron chi connectivity index (χ4n) is 2.46. The van der Waals surface area contributed by atoms with Crippen molar-refractivity contribution in [2.24, 2.45) is 5.41 Å². The van der Waals surface area contributed by atoms with Crippen molar-refractivity contribution < 1.29 is 8.42 Å². The van der Waals surface area contributed by atoms with Gasteiger partial charge in [0, 0.05) is 5.33 Å². The van der Waals surface area contributed by atoms with E-state index in [9.17, 15) is 8.42 Å². The third-order valence-electron chi connectivity index (χ3n) is 3.81. The summed E-state index contributed by atoms with van der Waals surface area (Å²) < 4.78 is 24.4. The highest BCUT2D eigenvalue weighted by atomic mass is 79.9. The fourth-order valence-corrected chi connectivity index (χ4v) is 6.02. The molecule has 0 aromatic rings. The Morgan fingerprint density at radius 2 is 1.73 bits per heavy atom. The Balaban J connectivity index is 1.99. The zero-order chi connectivity index (χ0) is 10.9. The lowest BCUT2D eigenvalue weighted by Gasteiger charge is -2.23. The maximum Gasteiger partial charge on any atom is 0.153 e. The van der Waals surface area contributed by atoms with Crippen LogP contribution in [0, 0.1) is 5.41 Å². The normalized spacial score (nSPS) is 26.5. The Morgan fingerprint density at radius 3 is 2.20 bits per heavy atom. The number of alkyl halides is 1. The third kappa shape index (κ3) is 2.76. The van der Waals surface area contributed by atoms with Gasteiger partial charge < -0.3 is 0 Å². The molecule has 4 heteroatoms. The molecule has 0 saturated heterocycles. The Morgan fingerprint density at radius 1 is 1.13 bits per heavy atom. The summed E-state index contributed by atoms with van der Waals surface area (Å²) in [5.41, 5.74) is 0.107. The molecule has 0 heterocycles. The van der Waals surface area contributed by atoms with E-state index in [4.69, 9.17) is 0 Å². The van der Waals surface area contributed by atoms with E-state index in [1.807, 2.05) is 0 Å². The van der Waals surface area contributed by atoms with Crippen LogP contribution in [0.4, 0.5) is 0 Å². The maximum absolute atomic E-state index is 12.2. The van der Waals surface area contributed by atoms with Crippen molar-refractivity contribution in [3.63, 3.8) is 0 Å². The maximum atomic E-state index is 12.2. The third-order valence-corrected chi connectivity index (χ3v) is 7.50. The molecule has 2 rings (SSSR count). The number of hydrogen-bond acceptors (Lipinski definition) is 2. The molecular formula is C11H19BrO2S. The predicted molar refractivity (Wildman–Crippen MR) is 66.1 cm³/mol. The van der Waals surface area contributed by atoms with Gasteiger partial charge in [-0.2, -0.15) is 0 Å². The first-order chi connectivity index (χ1) is 7.08. The summed E-state index contributed by atoms with van der Waals surface area (Å²) in [4.78, 5) is 0. The van der Waals surface area contributed by atoms with Crippen LogP contribution in [-0.4, -0.2) is 24.8 Å². The second-order valence-corrected chi connectivity index (χ2v) is 8.04. The zero-order valence-electron chi connectivity index (χ0n) is 9.04. The molecule has 0 aliphatic heterocycles. The summed E-state index contributed by atoms with van der Waals surface area (Å²) in [5.74, 6) is 0.427. The summed E-state index contributed by atoms with van der Waals surface area (Å²) in [7, 11) is -2.82. The van der Waals surface area contributed by atoms with Gasteiger partial charge in [0.05, 0.1) is 11.0 Å². The summed E-state index contributed by atoms with van der Waals surface area (Å²) in [6.45, 7) is 0. The minimum Gasteiger partial charge on any atom is -0.229 e. The van der Waals surface area contributed by atoms with E-state index < -0.39 is 9.84 Å². The lowest BCUT2D eigenvalue weighted by molar-refractivity contribution is 0.477. The molecule has 0 radical (unpaired) electrons. The molecule has 88 valence electrons. The monoisotopic (exact) mass is 294 g/mol. The van der Waals surface area contributed by atoms with Crippen LogP contribution in [0.3, 0.4) is 0 Å². The van der Waals surface area contributed by atoms with Crippen molar-refractivity contribution >= 4 is 25.8 Å². The quantitative estimate of drug-likeness (QED) is 0.747. The van der Waals surface area contributed by atoms with Crippen LogP contribution in [-0.2, 0) is 9.84 Å². The van der Waals surface area contributed by atoms with Gasteiger partial charge in [0.15, 0.2) is 9.84 Å². The Kier molecular flexibility index (Phi) is 3.46. The van der Waals surface area contributed by atoms with Crippen LogP contribution in [0.2, 0.25) is 0 Å². The van der Waals surface area contributed by atoms with Crippen LogP contribution in [0.25, 0.3) is 0 Å². The van der Waals surface area contributed by atoms with Crippen LogP contribution in [0.5, 0.6) is 0 Å². The SMILES string of the molecule is O=S(=O)(CC1(CBr)CC1)C1CCCCC1. The first kappa shape index (κ1) is 11.9. The average Bonchev–Trinajstić information content (AvgIpc) is 2.99. The van der Waals surface area contributed by atoms with Gasteiger partial charge in [0.25, 0.3) is 0 Å². The molecule has 0 bridgehead atoms. The van der Waals surface area contributed by atoms with Gasteiger partial charge in [-0.15, -0.1) is 0 Å². The van der Waals surface area contributed by atoms with Crippen LogP contribution in [0.15, 0.2) is 0 Å². The van der Waals surface area contributed by atoms with Crippen molar-refractivity contribution in [2.45, 2.75) is 50.2 Å². The molecular weight excluding hydrogens is 276 g/mol. The molecule has 2 saturated carbocycles. The summed E-state index contributed by atoms with van der Waals surface area (Å²) in [6.07, 6.45) is 7.40. The molecule has 0 aromatic carbocycles. The van der Waals surface area contributed by atoms with Gasteiger partial charge in [-0.05, 0) is 31.1 Å². The van der Waals surface area contributed by atoms with E-state index in [1.165, 1.54) is 6.42 Å². The molecule has 15 heavy (non-hydrogen) atoms. The zero-order valence-corrected chi connectivity index (χ0v) is 11.4. The summed E-state index contributed by atoms with van der Waals surface area (Å²) in [6, 6.07) is 0. The van der Waals surface area contributed by atoms with Gasteiger partial charge in [0.1, 0.15) is 0 Å². The number of rotatable bonds is 4. The fraction of sp³-hybridized carbons (Fsp3) is 1.00. The molecule has 0 aromatic heterocycles. The predicted octanol–water partition coefficient (Wildman–Crippen LogP) is 2.91. The Bertz CT molecular complexity index is 313. The van der Waals surface area contributed by atoms with Crippen molar-refractivity contribution in [3.8, 4) is 0 Å². The van der Waals surface area contributed by atoms with Crippen molar-refractivity contribution in [3.05, 3.63) is 0 Å². The molecule has 2 nitrogen and oxygen atoms in total. The topological polar surface area (TPSA) is 34.1 Å². The van der Waals surface area contributed by atoms with Crippen molar-refractivity contribution in [1.29, 1.82) is 0 Å². The van der Waals surface area contributed by atoms with E-state index in [0.717, 1.165) is 43.9 Å². The van der Waals surface area contributed by atoms with Gasteiger partial charge in [-0.1, -0.05) is 35.2 Å². The second-order valence-electron chi connectivity index (χ2n) is 5.20. The first-order valence-corrected chi connectivity index (χ1v) is 8.69. The number of sulfone groups is 1. The van der Waals surface area contributed by atoms with E-state index >= 15 is 0 Å². The average molecular weight is 295 g/mol. The van der Waals surface area contributed by atoms with Crippen LogP contribution >= 0.6 is 15.9 Å². The molecule has 2 aliphatic carbocycles. The van der Waals surface area contributed by atoms with Crippen LogP contribution < -0.4 is 0 Å². The highest BCUT2D eigenvalue weighted by Crippen LogP contribution is 2.49. The minimum atomic E-state index is -2.82. The Hall–Kier alpha value is 0.430. The van der Waals surface area contributed by atoms with Crippen molar-refractivity contribution in [1.82, 2.24) is 0 Å². The first-order valence-electron chi connectivity index (χ1n) is 5.86. The molecule has 0 unspecified atom stereocenters. The highest BCUT2D eigenvalue weighted by Gasteiger charge is 2.46. The smallest absolute Gasteiger partial charge is 0.153 e. The van der Waals surface area contributed by atoms with Gasteiger partial charge in [0.2, 0.25) is 0 Å². The lowest BCUT2D eigenvalue weighted by atomic mass is 10.0. The highest BCUT2D eigenvalue weighted by molar-refractivity contribution is 9.09. The van der Waals surface area contributed by atoms with E-state index in [-0.39, 0.29) is 10.7 Å². The largest absolute Gasteiger partial charge is 0.229 e. The second kappa shape index (κ2) is 4.36. The van der Waals surface area contributed by atoms with Gasteiger partial charge >= 0.3 is 0 Å². The summed E-state index contributed by atoms with van der Waals surface area (Å²) in [5, 5.41) is 0.828. The van der Waals surface area contributed by atoms with E-state index in [1.54, 1.807) is 0 Å². The Labute approximate surface area is 101 Å². The van der Waals surface area contributed by atoms with Gasteiger partial charge in [-0.3, -0.25) is 0 Å². The molecule has 0 spiro atoms. The van der Waals surface area contributed by atoms with Gasteiger partial charge in [-0.25, -0.2) is 8.42 Å². The molecule has 0 N–H and O–H groups in total. The molecule has 2 aliphatic rings. The van der Waals surface area contributed by atoms with Crippen LogP contribution in [0.1, 0.15) is 44.9 Å². The molecule has 2 fully saturated rings. The van der Waals surface area contributed by atoms with E-state index in [0.29, 0.717) is 5.75 Å². The molecule has 0 atom stereocenters. The standard InChI is InChI=1S/C11H19BrO2S/c12-8-11(6-7-11)9-15(13,14)10-4-2-1-3-5-10/h10H,1-9H2. The number of hydrogen-bond donors (Lipinski definition) is 0.